The minimum Gasteiger partial charge on any atom is -0.497 e. The molecule has 30 heavy (non-hydrogen) atoms. The Kier molecular flexibility index (Phi) is 9.38. The molecule has 0 unspecified atom stereocenters. The van der Waals surface area contributed by atoms with Crippen molar-refractivity contribution >= 4 is 18.3 Å². The smallest absolute Gasteiger partial charge is 0.224 e. The van der Waals surface area contributed by atoms with Crippen LogP contribution in [0.5, 0.6) is 5.75 Å². The van der Waals surface area contributed by atoms with Gasteiger partial charge in [-0.1, -0.05) is 25.1 Å². The minimum atomic E-state index is -0.00864. The second-order valence-corrected chi connectivity index (χ2v) is 6.79. The van der Waals surface area contributed by atoms with Crippen LogP contribution in [0, 0.1) is 0 Å². The Balaban J connectivity index is 0.00000320. The number of carbonyl (C=O) groups excluding carboxylic acids is 1. The highest BCUT2D eigenvalue weighted by atomic mass is 35.5. The zero-order chi connectivity index (χ0) is 20.5. The van der Waals surface area contributed by atoms with Gasteiger partial charge in [0.2, 0.25) is 5.91 Å². The first-order valence-electron chi connectivity index (χ1n) is 9.97. The average molecular weight is 429 g/mol. The average Bonchev–Trinajstić information content (AvgIpc) is 3.18. The monoisotopic (exact) mass is 428 g/mol. The van der Waals surface area contributed by atoms with Crippen molar-refractivity contribution in [2.45, 2.75) is 19.8 Å². The largest absolute Gasteiger partial charge is 0.497 e. The summed E-state index contributed by atoms with van der Waals surface area (Å²) in [7, 11) is 1.64. The fourth-order valence-electron chi connectivity index (χ4n) is 3.07. The number of nitrogens with zero attached hydrogens (tertiary/aromatic N) is 2. The van der Waals surface area contributed by atoms with E-state index in [2.05, 4.69) is 17.6 Å². The van der Waals surface area contributed by atoms with Gasteiger partial charge < -0.3 is 15.4 Å². The second-order valence-electron chi connectivity index (χ2n) is 6.79. The van der Waals surface area contributed by atoms with Gasteiger partial charge >= 0.3 is 0 Å². The Hall–Kier alpha value is -2.83. The van der Waals surface area contributed by atoms with E-state index in [9.17, 15) is 4.79 Å². The molecule has 0 spiro atoms. The van der Waals surface area contributed by atoms with Crippen LogP contribution in [0.25, 0.3) is 16.9 Å². The Morgan fingerprint density at radius 3 is 2.43 bits per heavy atom. The van der Waals surface area contributed by atoms with Gasteiger partial charge in [0.05, 0.1) is 24.9 Å². The molecule has 0 saturated carbocycles. The summed E-state index contributed by atoms with van der Waals surface area (Å²) in [5, 5.41) is 11.0. The van der Waals surface area contributed by atoms with Crippen LogP contribution in [0.1, 0.15) is 18.9 Å². The predicted molar refractivity (Wildman–Crippen MR) is 123 cm³/mol. The molecule has 1 heterocycles. The van der Waals surface area contributed by atoms with Crippen molar-refractivity contribution in [1.29, 1.82) is 0 Å². The van der Waals surface area contributed by atoms with Crippen LogP contribution < -0.4 is 15.4 Å². The van der Waals surface area contributed by atoms with Crippen LogP contribution in [-0.2, 0) is 11.2 Å². The Morgan fingerprint density at radius 1 is 1.03 bits per heavy atom. The number of aromatic nitrogens is 2. The van der Waals surface area contributed by atoms with Gasteiger partial charge in [0.1, 0.15) is 5.75 Å². The number of carbonyl (C=O) groups is 1. The van der Waals surface area contributed by atoms with Gasteiger partial charge in [-0.25, -0.2) is 4.68 Å². The number of halogens is 1. The highest BCUT2D eigenvalue weighted by Crippen LogP contribution is 2.26. The lowest BCUT2D eigenvalue weighted by atomic mass is 10.1. The van der Waals surface area contributed by atoms with E-state index >= 15 is 0 Å². The van der Waals surface area contributed by atoms with Crippen molar-refractivity contribution < 1.29 is 9.53 Å². The van der Waals surface area contributed by atoms with Crippen molar-refractivity contribution in [2.24, 2.45) is 0 Å². The van der Waals surface area contributed by atoms with E-state index in [4.69, 9.17) is 9.84 Å². The van der Waals surface area contributed by atoms with Crippen LogP contribution in [0.3, 0.4) is 0 Å². The molecule has 1 aromatic heterocycles. The third-order valence-corrected chi connectivity index (χ3v) is 4.58. The number of hydrogen-bond acceptors (Lipinski definition) is 4. The Bertz CT molecular complexity index is 911. The molecule has 0 aliphatic heterocycles. The molecule has 0 aliphatic rings. The summed E-state index contributed by atoms with van der Waals surface area (Å²) < 4.78 is 7.08. The van der Waals surface area contributed by atoms with Gasteiger partial charge in [-0.15, -0.1) is 12.4 Å². The van der Waals surface area contributed by atoms with Crippen LogP contribution in [0.4, 0.5) is 0 Å². The maximum absolute atomic E-state index is 12.5. The Labute approximate surface area is 184 Å². The lowest BCUT2D eigenvalue weighted by molar-refractivity contribution is -0.120. The molecule has 0 bridgehead atoms. The summed E-state index contributed by atoms with van der Waals surface area (Å²) in [5.74, 6) is 0.779. The van der Waals surface area contributed by atoms with Gasteiger partial charge in [0, 0.05) is 30.4 Å². The van der Waals surface area contributed by atoms with E-state index in [1.807, 2.05) is 65.5 Å². The number of benzene rings is 2. The maximum atomic E-state index is 12.5. The van der Waals surface area contributed by atoms with Crippen LogP contribution in [-0.4, -0.2) is 42.4 Å². The number of methoxy groups -OCH3 is 1. The number of nitrogens with one attached hydrogen (secondary N) is 2. The fraction of sp³-hybridized carbons (Fsp3) is 0.304. The van der Waals surface area contributed by atoms with Crippen LogP contribution >= 0.6 is 12.4 Å². The third-order valence-electron chi connectivity index (χ3n) is 4.58. The number of rotatable bonds is 10. The van der Waals surface area contributed by atoms with Crippen molar-refractivity contribution in [3.63, 3.8) is 0 Å². The summed E-state index contributed by atoms with van der Waals surface area (Å²) >= 11 is 0. The summed E-state index contributed by atoms with van der Waals surface area (Å²) in [5.41, 5.74) is 3.60. The van der Waals surface area contributed by atoms with E-state index in [1.54, 1.807) is 7.11 Å². The minimum absolute atomic E-state index is 0. The van der Waals surface area contributed by atoms with E-state index < -0.39 is 0 Å². The molecule has 160 valence electrons. The quantitative estimate of drug-likeness (QED) is 0.484. The summed E-state index contributed by atoms with van der Waals surface area (Å²) in [6.45, 7) is 4.47. The first-order chi connectivity index (χ1) is 14.2. The molecule has 0 atom stereocenters. The summed E-state index contributed by atoms with van der Waals surface area (Å²) in [6.07, 6.45) is 3.30. The van der Waals surface area contributed by atoms with Crippen LogP contribution in [0.2, 0.25) is 0 Å². The van der Waals surface area contributed by atoms with Gasteiger partial charge in [-0.2, -0.15) is 5.10 Å². The third kappa shape index (κ3) is 6.34. The number of amides is 1. The molecule has 6 nitrogen and oxygen atoms in total. The number of hydrogen-bond donors (Lipinski definition) is 2. The van der Waals surface area contributed by atoms with Crippen molar-refractivity contribution in [2.75, 3.05) is 26.7 Å². The van der Waals surface area contributed by atoms with Crippen molar-refractivity contribution in [3.8, 4) is 22.7 Å². The van der Waals surface area contributed by atoms with Crippen molar-refractivity contribution in [1.82, 2.24) is 20.4 Å². The number of para-hydroxylation sites is 1. The van der Waals surface area contributed by atoms with Gasteiger partial charge in [-0.05, 0) is 49.4 Å². The molecule has 3 aromatic rings. The molecular weight excluding hydrogens is 400 g/mol. The molecule has 0 saturated heterocycles. The van der Waals surface area contributed by atoms with E-state index in [1.165, 1.54) is 0 Å². The molecule has 0 aliphatic carbocycles. The SMILES string of the molecule is CCCNCCNC(=O)Cc1cn(-c2ccccc2)nc1-c1ccc(OC)cc1.Cl. The van der Waals surface area contributed by atoms with E-state index in [0.717, 1.165) is 47.8 Å². The zero-order valence-electron chi connectivity index (χ0n) is 17.4. The molecule has 2 aromatic carbocycles. The highest BCUT2D eigenvalue weighted by molar-refractivity contribution is 5.85. The fourth-order valence-corrected chi connectivity index (χ4v) is 3.07. The van der Waals surface area contributed by atoms with Gasteiger partial charge in [-0.3, -0.25) is 4.79 Å². The summed E-state index contributed by atoms with van der Waals surface area (Å²) in [6, 6.07) is 17.6. The molecule has 2 N–H and O–H groups in total. The topological polar surface area (TPSA) is 68.2 Å². The second kappa shape index (κ2) is 12.0. The molecule has 0 radical (unpaired) electrons. The zero-order valence-corrected chi connectivity index (χ0v) is 18.2. The molecular formula is C23H29ClN4O2. The predicted octanol–water partition coefficient (Wildman–Crippen LogP) is 3.63. The highest BCUT2D eigenvalue weighted by Gasteiger charge is 2.15. The van der Waals surface area contributed by atoms with Crippen LogP contribution in [0.15, 0.2) is 60.8 Å². The molecule has 7 heteroatoms. The Morgan fingerprint density at radius 2 is 1.77 bits per heavy atom. The van der Waals surface area contributed by atoms with Crippen molar-refractivity contribution in [3.05, 3.63) is 66.4 Å². The lowest BCUT2D eigenvalue weighted by Crippen LogP contribution is -2.33. The lowest BCUT2D eigenvalue weighted by Gasteiger charge is -2.07. The van der Waals surface area contributed by atoms with Gasteiger partial charge in [0.25, 0.3) is 0 Å². The maximum Gasteiger partial charge on any atom is 0.224 e. The van der Waals surface area contributed by atoms with E-state index in [-0.39, 0.29) is 24.7 Å². The molecule has 0 fully saturated rings. The first kappa shape index (κ1) is 23.4. The normalized spacial score (nSPS) is 10.3. The van der Waals surface area contributed by atoms with E-state index in [0.29, 0.717) is 6.54 Å². The molecule has 1 amide bonds. The standard InChI is InChI=1S/C23H28N4O2.ClH/c1-3-13-24-14-15-25-22(28)16-19-17-27(20-7-5-4-6-8-20)26-23(19)18-9-11-21(29-2)12-10-18;/h4-12,17,24H,3,13-16H2,1-2H3,(H,25,28);1H. The molecule has 3 rings (SSSR count). The first-order valence-corrected chi connectivity index (χ1v) is 9.97. The number of ether oxygens (including phenoxy) is 1. The van der Waals surface area contributed by atoms with Gasteiger partial charge in [0.15, 0.2) is 0 Å². The summed E-state index contributed by atoms with van der Waals surface area (Å²) in [4.78, 5) is 12.5.